The minimum absolute atomic E-state index is 0.00459. The van der Waals surface area contributed by atoms with Gasteiger partial charge in [0, 0.05) is 36.2 Å². The van der Waals surface area contributed by atoms with Crippen LogP contribution in [0.5, 0.6) is 0 Å². The van der Waals surface area contributed by atoms with Gasteiger partial charge in [-0.2, -0.15) is 0 Å². The third-order valence-corrected chi connectivity index (χ3v) is 5.89. The number of hydrogen-bond acceptors (Lipinski definition) is 2. The molecular formula is C25H23BrN2O2. The van der Waals surface area contributed by atoms with Crippen molar-refractivity contribution in [2.45, 2.75) is 19.5 Å². The van der Waals surface area contributed by atoms with E-state index in [0.29, 0.717) is 19.6 Å². The van der Waals surface area contributed by atoms with Gasteiger partial charge in [-0.25, -0.2) is 0 Å². The molecule has 1 unspecified atom stereocenters. The summed E-state index contributed by atoms with van der Waals surface area (Å²) in [6.45, 7) is 1.47. The van der Waals surface area contributed by atoms with Gasteiger partial charge in [0.25, 0.3) is 0 Å². The normalized spacial score (nSPS) is 16.0. The van der Waals surface area contributed by atoms with Crippen LogP contribution in [0.1, 0.15) is 17.5 Å². The Morgan fingerprint density at radius 1 is 0.867 bits per heavy atom. The first-order valence-electron chi connectivity index (χ1n) is 10.0. The van der Waals surface area contributed by atoms with E-state index >= 15 is 0 Å². The van der Waals surface area contributed by atoms with Crippen LogP contribution in [0.4, 0.5) is 5.69 Å². The molecule has 30 heavy (non-hydrogen) atoms. The van der Waals surface area contributed by atoms with Crippen LogP contribution in [0.2, 0.25) is 0 Å². The lowest BCUT2D eigenvalue weighted by Gasteiger charge is -2.26. The lowest BCUT2D eigenvalue weighted by atomic mass is 10.1. The summed E-state index contributed by atoms with van der Waals surface area (Å²) in [6.07, 6.45) is 0.245. The van der Waals surface area contributed by atoms with Gasteiger partial charge in [-0.05, 0) is 35.4 Å². The zero-order valence-electron chi connectivity index (χ0n) is 16.6. The molecular weight excluding hydrogens is 440 g/mol. The molecule has 0 bridgehead atoms. The summed E-state index contributed by atoms with van der Waals surface area (Å²) in [5.41, 5.74) is 2.99. The molecule has 0 aromatic heterocycles. The van der Waals surface area contributed by atoms with Gasteiger partial charge in [-0.1, -0.05) is 76.6 Å². The molecule has 0 radical (unpaired) electrons. The number of amides is 2. The number of halogens is 1. The standard InChI is InChI=1S/C25H23BrN2O2/c26-22-11-13-23(14-12-22)28-18-21(15-24(28)29)25(30)27(16-19-7-3-1-4-8-19)17-20-9-5-2-6-10-20/h1-14,21H,15-18H2. The van der Waals surface area contributed by atoms with Gasteiger partial charge in [0.15, 0.2) is 0 Å². The number of carbonyl (C=O) groups excluding carboxylic acids is 2. The van der Waals surface area contributed by atoms with Crippen LogP contribution in [0, 0.1) is 5.92 Å². The van der Waals surface area contributed by atoms with Crippen molar-refractivity contribution in [3.05, 3.63) is 101 Å². The van der Waals surface area contributed by atoms with Gasteiger partial charge in [-0.15, -0.1) is 0 Å². The Balaban J connectivity index is 1.53. The van der Waals surface area contributed by atoms with E-state index in [9.17, 15) is 9.59 Å². The second-order valence-electron chi connectivity index (χ2n) is 7.55. The SMILES string of the molecule is O=C(C1CC(=O)N(c2ccc(Br)cc2)C1)N(Cc1ccccc1)Cc1ccccc1. The van der Waals surface area contributed by atoms with Gasteiger partial charge in [0.05, 0.1) is 5.92 Å². The molecule has 4 nitrogen and oxygen atoms in total. The summed E-state index contributed by atoms with van der Waals surface area (Å²) in [6, 6.07) is 27.6. The largest absolute Gasteiger partial charge is 0.334 e. The smallest absolute Gasteiger partial charge is 0.228 e. The molecule has 3 aromatic rings. The van der Waals surface area contributed by atoms with Crippen molar-refractivity contribution in [1.29, 1.82) is 0 Å². The molecule has 0 saturated carbocycles. The molecule has 0 aliphatic carbocycles. The lowest BCUT2D eigenvalue weighted by Crippen LogP contribution is -2.36. The van der Waals surface area contributed by atoms with E-state index in [4.69, 9.17) is 0 Å². The maximum atomic E-state index is 13.5. The van der Waals surface area contributed by atoms with Crippen LogP contribution < -0.4 is 4.90 Å². The first kappa shape index (κ1) is 20.4. The Morgan fingerprint density at radius 2 is 1.40 bits per heavy atom. The van der Waals surface area contributed by atoms with Crippen molar-refractivity contribution in [3.8, 4) is 0 Å². The first-order valence-corrected chi connectivity index (χ1v) is 10.8. The van der Waals surface area contributed by atoms with Gasteiger partial charge in [0.2, 0.25) is 11.8 Å². The number of nitrogens with zero attached hydrogens (tertiary/aromatic N) is 2. The van der Waals surface area contributed by atoms with Gasteiger partial charge in [-0.3, -0.25) is 9.59 Å². The van der Waals surface area contributed by atoms with Gasteiger partial charge < -0.3 is 9.80 Å². The third-order valence-electron chi connectivity index (χ3n) is 5.36. The van der Waals surface area contributed by atoms with Crippen LogP contribution >= 0.6 is 15.9 Å². The summed E-state index contributed by atoms with van der Waals surface area (Å²) < 4.78 is 0.961. The molecule has 2 amide bonds. The molecule has 5 heteroatoms. The summed E-state index contributed by atoms with van der Waals surface area (Å²) >= 11 is 3.42. The topological polar surface area (TPSA) is 40.6 Å². The van der Waals surface area contributed by atoms with Crippen LogP contribution in [0.15, 0.2) is 89.4 Å². The lowest BCUT2D eigenvalue weighted by molar-refractivity contribution is -0.137. The monoisotopic (exact) mass is 462 g/mol. The van der Waals surface area contributed by atoms with Gasteiger partial charge >= 0.3 is 0 Å². The van der Waals surface area contributed by atoms with E-state index in [1.807, 2.05) is 89.8 Å². The Kier molecular flexibility index (Phi) is 6.29. The van der Waals surface area contributed by atoms with Crippen molar-refractivity contribution in [2.24, 2.45) is 5.92 Å². The minimum atomic E-state index is -0.339. The molecule has 152 valence electrons. The predicted octanol–water partition coefficient (Wildman–Crippen LogP) is 5.03. The quantitative estimate of drug-likeness (QED) is 0.515. The summed E-state index contributed by atoms with van der Waals surface area (Å²) in [7, 11) is 0. The van der Waals surface area contributed by atoms with E-state index in [2.05, 4.69) is 15.9 Å². The Bertz CT molecular complexity index is 965. The van der Waals surface area contributed by atoms with Crippen LogP contribution in [-0.4, -0.2) is 23.3 Å². The highest BCUT2D eigenvalue weighted by molar-refractivity contribution is 9.10. The average Bonchev–Trinajstić information content (AvgIpc) is 3.16. The summed E-state index contributed by atoms with van der Waals surface area (Å²) in [4.78, 5) is 29.7. The van der Waals surface area contributed by atoms with Crippen LogP contribution in [-0.2, 0) is 22.7 Å². The molecule has 1 atom stereocenters. The van der Waals surface area contributed by atoms with E-state index < -0.39 is 0 Å². The fourth-order valence-corrected chi connectivity index (χ4v) is 4.09. The average molecular weight is 463 g/mol. The van der Waals surface area contributed by atoms with Crippen molar-refractivity contribution in [1.82, 2.24) is 4.90 Å². The van der Waals surface area contributed by atoms with E-state index in [1.165, 1.54) is 0 Å². The molecule has 0 spiro atoms. The van der Waals surface area contributed by atoms with Crippen molar-refractivity contribution < 1.29 is 9.59 Å². The molecule has 3 aromatic carbocycles. The molecule has 1 saturated heterocycles. The zero-order chi connectivity index (χ0) is 20.9. The summed E-state index contributed by atoms with van der Waals surface area (Å²) in [5.74, 6) is -0.320. The number of anilines is 1. The molecule has 4 rings (SSSR count). The molecule has 1 aliphatic heterocycles. The van der Waals surface area contributed by atoms with E-state index in [1.54, 1.807) is 4.90 Å². The van der Waals surface area contributed by atoms with E-state index in [0.717, 1.165) is 21.3 Å². The van der Waals surface area contributed by atoms with E-state index in [-0.39, 0.29) is 24.2 Å². The first-order chi connectivity index (χ1) is 14.6. The highest BCUT2D eigenvalue weighted by Gasteiger charge is 2.37. The van der Waals surface area contributed by atoms with Crippen molar-refractivity contribution >= 4 is 33.4 Å². The third kappa shape index (κ3) is 4.79. The maximum Gasteiger partial charge on any atom is 0.228 e. The summed E-state index contributed by atoms with van der Waals surface area (Å²) in [5, 5.41) is 0. The zero-order valence-corrected chi connectivity index (χ0v) is 18.2. The Hall–Kier alpha value is -2.92. The second kappa shape index (κ2) is 9.26. The number of hydrogen-bond donors (Lipinski definition) is 0. The number of rotatable bonds is 6. The second-order valence-corrected chi connectivity index (χ2v) is 8.46. The highest BCUT2D eigenvalue weighted by Crippen LogP contribution is 2.28. The molecule has 0 N–H and O–H groups in total. The Labute approximate surface area is 185 Å². The Morgan fingerprint density at radius 3 is 1.93 bits per heavy atom. The van der Waals surface area contributed by atoms with Gasteiger partial charge in [0.1, 0.15) is 0 Å². The maximum absolute atomic E-state index is 13.5. The molecule has 1 fully saturated rings. The fraction of sp³-hybridized carbons (Fsp3) is 0.200. The van der Waals surface area contributed by atoms with Crippen molar-refractivity contribution in [3.63, 3.8) is 0 Å². The minimum Gasteiger partial charge on any atom is -0.334 e. The fourth-order valence-electron chi connectivity index (χ4n) is 3.82. The predicted molar refractivity (Wildman–Crippen MR) is 122 cm³/mol. The van der Waals surface area contributed by atoms with Crippen LogP contribution in [0.3, 0.4) is 0 Å². The highest BCUT2D eigenvalue weighted by atomic mass is 79.9. The number of benzene rings is 3. The molecule has 1 heterocycles. The van der Waals surface area contributed by atoms with Crippen LogP contribution in [0.25, 0.3) is 0 Å². The number of carbonyl (C=O) groups is 2. The van der Waals surface area contributed by atoms with Crippen molar-refractivity contribution in [2.75, 3.05) is 11.4 Å². The molecule has 1 aliphatic rings.